The van der Waals surface area contributed by atoms with Gasteiger partial charge in [0.1, 0.15) is 11.3 Å². The molecule has 38 heavy (non-hydrogen) atoms. The van der Waals surface area contributed by atoms with E-state index in [9.17, 15) is 22.8 Å². The molecule has 1 N–H and O–H groups in total. The maximum Gasteiger partial charge on any atom is 0.418 e. The molecule has 2 aromatic carbocycles. The summed E-state index contributed by atoms with van der Waals surface area (Å²) in [5, 5.41) is 6.21. The first-order valence-electron chi connectivity index (χ1n) is 11.2. The zero-order valence-electron chi connectivity index (χ0n) is 20.7. The number of rotatable bonds is 4. The van der Waals surface area contributed by atoms with Crippen molar-refractivity contribution in [3.63, 3.8) is 0 Å². The Bertz CT molecular complexity index is 1560. The van der Waals surface area contributed by atoms with Gasteiger partial charge in [0, 0.05) is 11.1 Å². The number of benzene rings is 2. The van der Waals surface area contributed by atoms with Crippen LogP contribution in [0.2, 0.25) is 5.02 Å². The first-order chi connectivity index (χ1) is 17.7. The number of hydrogen-bond donors (Lipinski definition) is 1. The van der Waals surface area contributed by atoms with Crippen LogP contribution in [0.15, 0.2) is 64.3 Å². The second-order valence-corrected chi connectivity index (χ2v) is 9.78. The van der Waals surface area contributed by atoms with E-state index in [0.29, 0.717) is 21.6 Å². The fraction of sp³-hybridized carbons (Fsp3) is 0.231. The predicted octanol–water partition coefficient (Wildman–Crippen LogP) is 6.88. The third-order valence-corrected chi connectivity index (χ3v) is 5.45. The normalized spacial score (nSPS) is 11.9. The molecule has 0 fully saturated rings. The van der Waals surface area contributed by atoms with Crippen LogP contribution in [0, 0.1) is 6.92 Å². The maximum absolute atomic E-state index is 13.9. The molecule has 4 aromatic rings. The molecule has 198 valence electrons. The molecule has 0 aliphatic rings. The molecule has 0 aliphatic carbocycles. The number of para-hydroxylation sites is 1. The highest BCUT2D eigenvalue weighted by Crippen LogP contribution is 2.37. The fourth-order valence-electron chi connectivity index (χ4n) is 3.68. The highest BCUT2D eigenvalue weighted by atomic mass is 35.5. The van der Waals surface area contributed by atoms with E-state index in [1.54, 1.807) is 39.8 Å². The lowest BCUT2D eigenvalue weighted by Gasteiger charge is -2.20. The number of carbonyl (C=O) groups excluding carboxylic acids is 1. The SMILES string of the molecule is Cc1cc(-c2cc(NC(=O)OC(C)(C)C)c(=O)n(-c3c(Cl)cccc3C(F)(F)F)n2)cc(-c2cnco2)c1. The Labute approximate surface area is 220 Å². The van der Waals surface area contributed by atoms with Gasteiger partial charge in [0.15, 0.2) is 12.2 Å². The lowest BCUT2D eigenvalue weighted by Crippen LogP contribution is -2.32. The first kappa shape index (κ1) is 26.9. The summed E-state index contributed by atoms with van der Waals surface area (Å²) in [6, 6.07) is 9.57. The van der Waals surface area contributed by atoms with Gasteiger partial charge in [0.2, 0.25) is 0 Å². The molecule has 0 radical (unpaired) electrons. The molecule has 0 saturated heterocycles. The van der Waals surface area contributed by atoms with Crippen molar-refractivity contribution >= 4 is 23.4 Å². The number of hydrogen-bond acceptors (Lipinski definition) is 6. The number of halogens is 4. The molecule has 0 saturated carbocycles. The van der Waals surface area contributed by atoms with Gasteiger partial charge in [-0.2, -0.15) is 23.0 Å². The van der Waals surface area contributed by atoms with Gasteiger partial charge < -0.3 is 9.15 Å². The highest BCUT2D eigenvalue weighted by molar-refractivity contribution is 6.32. The van der Waals surface area contributed by atoms with E-state index < -0.39 is 34.7 Å². The summed E-state index contributed by atoms with van der Waals surface area (Å²) in [4.78, 5) is 29.8. The van der Waals surface area contributed by atoms with E-state index >= 15 is 0 Å². The van der Waals surface area contributed by atoms with Crippen molar-refractivity contribution in [3.8, 4) is 28.3 Å². The topological polar surface area (TPSA) is 99.2 Å². The minimum absolute atomic E-state index is 0.0770. The Kier molecular flexibility index (Phi) is 7.07. The van der Waals surface area contributed by atoms with Gasteiger partial charge in [-0.25, -0.2) is 9.78 Å². The average molecular weight is 547 g/mol. The predicted molar refractivity (Wildman–Crippen MR) is 135 cm³/mol. The van der Waals surface area contributed by atoms with Crippen LogP contribution >= 0.6 is 11.6 Å². The summed E-state index contributed by atoms with van der Waals surface area (Å²) in [7, 11) is 0. The zero-order valence-corrected chi connectivity index (χ0v) is 21.4. The van der Waals surface area contributed by atoms with Gasteiger partial charge in [-0.1, -0.05) is 17.7 Å². The van der Waals surface area contributed by atoms with Crippen LogP contribution in [0.5, 0.6) is 0 Å². The molecule has 12 heteroatoms. The van der Waals surface area contributed by atoms with E-state index in [0.717, 1.165) is 17.7 Å². The van der Waals surface area contributed by atoms with Gasteiger partial charge >= 0.3 is 12.3 Å². The van der Waals surface area contributed by atoms with Crippen LogP contribution in [0.3, 0.4) is 0 Å². The lowest BCUT2D eigenvalue weighted by molar-refractivity contribution is -0.137. The number of amides is 1. The number of oxazole rings is 1. The highest BCUT2D eigenvalue weighted by Gasteiger charge is 2.36. The Balaban J connectivity index is 1.97. The molecule has 0 bridgehead atoms. The van der Waals surface area contributed by atoms with Crippen LogP contribution < -0.4 is 10.9 Å². The van der Waals surface area contributed by atoms with E-state index in [-0.39, 0.29) is 16.4 Å². The minimum Gasteiger partial charge on any atom is -0.444 e. The second kappa shape index (κ2) is 9.97. The summed E-state index contributed by atoms with van der Waals surface area (Å²) in [5.74, 6) is 0.445. The van der Waals surface area contributed by atoms with Crippen molar-refractivity contribution in [2.24, 2.45) is 0 Å². The van der Waals surface area contributed by atoms with Gasteiger partial charge in [-0.15, -0.1) is 0 Å². The summed E-state index contributed by atoms with van der Waals surface area (Å²) in [6.45, 7) is 6.68. The molecular formula is C26H22ClF3N4O4. The number of ether oxygens (including phenoxy) is 1. The maximum atomic E-state index is 13.9. The number of anilines is 1. The number of nitrogens with zero attached hydrogens (tertiary/aromatic N) is 3. The third kappa shape index (κ3) is 5.88. The fourth-order valence-corrected chi connectivity index (χ4v) is 3.94. The standard InChI is InChI=1S/C26H22ClF3N4O4/c1-14-8-15(10-16(9-14)21-12-31-13-37-21)19-11-20(32-24(36)38-25(2,3)4)23(35)34(33-19)22-17(26(28,29)30)6-5-7-18(22)27/h5-13H,1-4H3,(H,32,36). The van der Waals surface area contributed by atoms with Crippen LogP contribution in [-0.4, -0.2) is 26.5 Å². The van der Waals surface area contributed by atoms with Gasteiger partial charge in [0.05, 0.1) is 28.2 Å². The molecule has 8 nitrogen and oxygen atoms in total. The summed E-state index contributed by atoms with van der Waals surface area (Å²) < 4.78 is 52.9. The number of alkyl halides is 3. The molecule has 0 aliphatic heterocycles. The number of aryl methyl sites for hydroxylation is 1. The Morgan fingerprint density at radius 2 is 1.82 bits per heavy atom. The van der Waals surface area contributed by atoms with Gasteiger partial charge in [-0.05, 0) is 69.7 Å². The number of aromatic nitrogens is 3. The Hall–Kier alpha value is -4.12. The molecule has 0 unspecified atom stereocenters. The lowest BCUT2D eigenvalue weighted by atomic mass is 10.0. The van der Waals surface area contributed by atoms with Gasteiger partial charge in [0.25, 0.3) is 5.56 Å². The van der Waals surface area contributed by atoms with Crippen LogP contribution in [-0.2, 0) is 10.9 Å². The third-order valence-electron chi connectivity index (χ3n) is 5.14. The van der Waals surface area contributed by atoms with Crippen LogP contribution in [0.1, 0.15) is 31.9 Å². The number of nitrogens with one attached hydrogen (secondary N) is 1. The van der Waals surface area contributed by atoms with Gasteiger partial charge in [-0.3, -0.25) is 10.1 Å². The molecular weight excluding hydrogens is 525 g/mol. The smallest absolute Gasteiger partial charge is 0.418 e. The summed E-state index contributed by atoms with van der Waals surface area (Å²) in [5.41, 5.74) is -2.26. The van der Waals surface area contributed by atoms with Crippen LogP contribution in [0.25, 0.3) is 28.3 Å². The summed E-state index contributed by atoms with van der Waals surface area (Å²) >= 11 is 6.17. The molecule has 4 rings (SSSR count). The molecule has 2 heterocycles. The van der Waals surface area contributed by atoms with E-state index in [4.69, 9.17) is 20.8 Å². The van der Waals surface area contributed by atoms with Crippen molar-refractivity contribution in [1.29, 1.82) is 0 Å². The quantitative estimate of drug-likeness (QED) is 0.299. The van der Waals surface area contributed by atoms with Crippen molar-refractivity contribution in [1.82, 2.24) is 14.8 Å². The van der Waals surface area contributed by atoms with E-state index in [1.165, 1.54) is 24.7 Å². The number of carbonyl (C=O) groups is 1. The Morgan fingerprint density at radius 1 is 1.11 bits per heavy atom. The summed E-state index contributed by atoms with van der Waals surface area (Å²) in [6.07, 6.45) is -3.06. The van der Waals surface area contributed by atoms with E-state index in [1.807, 2.05) is 6.07 Å². The molecule has 1 amide bonds. The molecule has 2 aromatic heterocycles. The van der Waals surface area contributed by atoms with Crippen LogP contribution in [0.4, 0.5) is 23.7 Å². The van der Waals surface area contributed by atoms with Crippen molar-refractivity contribution in [3.05, 3.63) is 81.6 Å². The van der Waals surface area contributed by atoms with Crippen molar-refractivity contribution in [2.45, 2.75) is 39.5 Å². The van der Waals surface area contributed by atoms with E-state index in [2.05, 4.69) is 15.4 Å². The largest absolute Gasteiger partial charge is 0.444 e. The Morgan fingerprint density at radius 3 is 2.45 bits per heavy atom. The first-order valence-corrected chi connectivity index (χ1v) is 11.6. The average Bonchev–Trinajstić information content (AvgIpc) is 3.33. The van der Waals surface area contributed by atoms with Crippen molar-refractivity contribution in [2.75, 3.05) is 5.32 Å². The monoisotopic (exact) mass is 546 g/mol. The zero-order chi connectivity index (χ0) is 27.8. The van der Waals surface area contributed by atoms with Crippen molar-refractivity contribution < 1.29 is 27.1 Å². The molecule has 0 spiro atoms. The minimum atomic E-state index is -4.85. The second-order valence-electron chi connectivity index (χ2n) is 9.37. The molecule has 0 atom stereocenters.